The van der Waals surface area contributed by atoms with Gasteiger partial charge in [-0.25, -0.2) is 19.2 Å². The molecule has 1 aliphatic carbocycles. The number of aryl methyl sites for hydroxylation is 1. The fourth-order valence-electron chi connectivity index (χ4n) is 5.57. The molecule has 2 aromatic rings. The van der Waals surface area contributed by atoms with Gasteiger partial charge < -0.3 is 5.32 Å². The molecule has 9 heteroatoms. The zero-order chi connectivity index (χ0) is 26.5. The van der Waals surface area contributed by atoms with Crippen LogP contribution in [0.3, 0.4) is 0 Å². The van der Waals surface area contributed by atoms with Crippen LogP contribution in [-0.4, -0.2) is 60.0 Å². The first-order valence-corrected chi connectivity index (χ1v) is 12.4. The highest BCUT2D eigenvalue weighted by Crippen LogP contribution is 2.46. The van der Waals surface area contributed by atoms with E-state index in [1.807, 2.05) is 47.9 Å². The van der Waals surface area contributed by atoms with E-state index in [1.165, 1.54) is 11.0 Å². The average Bonchev–Trinajstić information content (AvgIpc) is 3.13. The third-order valence-corrected chi connectivity index (χ3v) is 7.81. The van der Waals surface area contributed by atoms with Gasteiger partial charge in [0.2, 0.25) is 11.9 Å². The molecule has 1 aliphatic heterocycles. The van der Waals surface area contributed by atoms with E-state index < -0.39 is 5.41 Å². The zero-order valence-corrected chi connectivity index (χ0v) is 22.4. The molecule has 1 saturated carbocycles. The van der Waals surface area contributed by atoms with Gasteiger partial charge in [0.25, 0.3) is 0 Å². The van der Waals surface area contributed by atoms with E-state index in [4.69, 9.17) is 0 Å². The Morgan fingerprint density at radius 1 is 1.14 bits per heavy atom. The van der Waals surface area contributed by atoms with Crippen LogP contribution in [0.15, 0.2) is 30.5 Å². The summed E-state index contributed by atoms with van der Waals surface area (Å²) in [4.78, 5) is 40.0. The van der Waals surface area contributed by atoms with Crippen LogP contribution in [0, 0.1) is 18.2 Å². The standard InChI is InChI=1S/C27H37FN6O2/c1-18-21(16-29-23(30-18)33(7)22(35)25(2,3)4)34-17-26(31-24(34)36)11-13-27(14-12-26,32(5)6)19-9-8-10-20(28)15-19/h8-10,15-16H,11-14,17H2,1-7H3,(H,31,36)/t26-,27+. The van der Waals surface area contributed by atoms with Crippen molar-refractivity contribution >= 4 is 23.6 Å². The number of rotatable bonds is 4. The summed E-state index contributed by atoms with van der Waals surface area (Å²) in [6.07, 6.45) is 4.76. The molecule has 1 saturated heterocycles. The number of carbonyl (C=O) groups is 2. The van der Waals surface area contributed by atoms with Crippen molar-refractivity contribution in [3.8, 4) is 0 Å². The van der Waals surface area contributed by atoms with Crippen LogP contribution in [0.4, 0.5) is 20.8 Å². The van der Waals surface area contributed by atoms with Crippen molar-refractivity contribution in [2.45, 2.75) is 64.5 Å². The van der Waals surface area contributed by atoms with E-state index in [-0.39, 0.29) is 28.8 Å². The maximum atomic E-state index is 14.0. The largest absolute Gasteiger partial charge is 0.330 e. The molecular weight excluding hydrogens is 459 g/mol. The Kier molecular flexibility index (Phi) is 6.58. The van der Waals surface area contributed by atoms with E-state index in [2.05, 4.69) is 20.2 Å². The van der Waals surface area contributed by atoms with Crippen LogP contribution in [0.1, 0.15) is 57.7 Å². The number of amides is 3. The summed E-state index contributed by atoms with van der Waals surface area (Å²) in [7, 11) is 5.73. The minimum Gasteiger partial charge on any atom is -0.330 e. The molecule has 2 aliphatic rings. The molecule has 0 unspecified atom stereocenters. The van der Waals surface area contributed by atoms with E-state index in [0.717, 1.165) is 31.2 Å². The highest BCUT2D eigenvalue weighted by molar-refractivity contribution is 5.97. The summed E-state index contributed by atoms with van der Waals surface area (Å²) in [6.45, 7) is 7.90. The van der Waals surface area contributed by atoms with E-state index in [1.54, 1.807) is 30.3 Å². The van der Waals surface area contributed by atoms with E-state index >= 15 is 0 Å². The quantitative estimate of drug-likeness (QED) is 0.685. The number of hydrogen-bond acceptors (Lipinski definition) is 5. The van der Waals surface area contributed by atoms with Crippen molar-refractivity contribution in [1.29, 1.82) is 0 Å². The maximum absolute atomic E-state index is 14.0. The number of hydrogen-bond donors (Lipinski definition) is 1. The molecule has 1 N–H and O–H groups in total. The van der Waals surface area contributed by atoms with Gasteiger partial charge in [-0.2, -0.15) is 0 Å². The molecule has 36 heavy (non-hydrogen) atoms. The summed E-state index contributed by atoms with van der Waals surface area (Å²) < 4.78 is 14.0. The molecule has 3 amide bonds. The Labute approximate surface area is 212 Å². The van der Waals surface area contributed by atoms with Crippen molar-refractivity contribution in [3.63, 3.8) is 0 Å². The summed E-state index contributed by atoms with van der Waals surface area (Å²) in [5.41, 5.74) is 1.04. The topological polar surface area (TPSA) is 81.7 Å². The van der Waals surface area contributed by atoms with Crippen molar-refractivity contribution in [2.75, 3.05) is 37.5 Å². The molecule has 4 rings (SSSR count). The van der Waals surface area contributed by atoms with Gasteiger partial charge >= 0.3 is 6.03 Å². The van der Waals surface area contributed by atoms with Crippen LogP contribution in [0.25, 0.3) is 0 Å². The van der Waals surface area contributed by atoms with Crippen LogP contribution >= 0.6 is 0 Å². The van der Waals surface area contributed by atoms with Crippen molar-refractivity contribution in [3.05, 3.63) is 47.5 Å². The highest BCUT2D eigenvalue weighted by atomic mass is 19.1. The third kappa shape index (κ3) is 4.56. The molecule has 2 heterocycles. The second kappa shape index (κ2) is 9.10. The van der Waals surface area contributed by atoms with Crippen molar-refractivity contribution < 1.29 is 14.0 Å². The maximum Gasteiger partial charge on any atom is 0.322 e. The van der Waals surface area contributed by atoms with Gasteiger partial charge in [0, 0.05) is 18.0 Å². The summed E-state index contributed by atoms with van der Waals surface area (Å²) >= 11 is 0. The SMILES string of the molecule is Cc1nc(N(C)C(=O)C(C)(C)C)ncc1N1C[C@]2(CC[C@](c3cccc(F)c3)(N(C)C)CC2)NC1=O. The molecule has 1 spiro atoms. The lowest BCUT2D eigenvalue weighted by Gasteiger charge is -2.48. The number of carbonyl (C=O) groups excluding carboxylic acids is 2. The normalized spacial score (nSPS) is 24.4. The van der Waals surface area contributed by atoms with Crippen LogP contribution in [0.2, 0.25) is 0 Å². The molecular formula is C27H37FN6O2. The minimum atomic E-state index is -0.555. The van der Waals surface area contributed by atoms with Gasteiger partial charge in [-0.3, -0.25) is 19.5 Å². The lowest BCUT2D eigenvalue weighted by molar-refractivity contribution is -0.125. The first-order valence-electron chi connectivity index (χ1n) is 12.4. The molecule has 1 aromatic carbocycles. The van der Waals surface area contributed by atoms with Gasteiger partial charge in [-0.05, 0) is 64.4 Å². The zero-order valence-electron chi connectivity index (χ0n) is 22.4. The smallest absolute Gasteiger partial charge is 0.322 e. The fraction of sp³-hybridized carbons (Fsp3) is 0.556. The Hall–Kier alpha value is -3.07. The molecule has 2 fully saturated rings. The highest BCUT2D eigenvalue weighted by Gasteiger charge is 2.50. The number of aromatic nitrogens is 2. The number of urea groups is 1. The Morgan fingerprint density at radius 2 is 1.81 bits per heavy atom. The molecule has 8 nitrogen and oxygen atoms in total. The lowest BCUT2D eigenvalue weighted by Crippen LogP contribution is -2.54. The van der Waals surface area contributed by atoms with Gasteiger partial charge in [-0.1, -0.05) is 32.9 Å². The number of halogens is 1. The third-order valence-electron chi connectivity index (χ3n) is 7.81. The molecule has 0 atom stereocenters. The summed E-state index contributed by atoms with van der Waals surface area (Å²) in [6, 6.07) is 6.68. The Bertz CT molecular complexity index is 1170. The van der Waals surface area contributed by atoms with Gasteiger partial charge in [-0.15, -0.1) is 0 Å². The lowest BCUT2D eigenvalue weighted by atomic mass is 9.69. The predicted molar refractivity (Wildman–Crippen MR) is 138 cm³/mol. The van der Waals surface area contributed by atoms with Crippen LogP contribution < -0.4 is 15.1 Å². The first kappa shape index (κ1) is 26.0. The van der Waals surface area contributed by atoms with E-state index in [9.17, 15) is 14.0 Å². The summed E-state index contributed by atoms with van der Waals surface area (Å²) in [5.74, 6) is -0.00506. The molecule has 0 radical (unpaired) electrons. The van der Waals surface area contributed by atoms with Crippen LogP contribution in [-0.2, 0) is 10.3 Å². The second-order valence-electron chi connectivity index (χ2n) is 11.5. The van der Waals surface area contributed by atoms with E-state index in [0.29, 0.717) is 23.9 Å². The molecule has 1 aromatic heterocycles. The average molecular weight is 497 g/mol. The number of nitrogens with one attached hydrogen (secondary N) is 1. The first-order chi connectivity index (χ1) is 16.8. The minimum absolute atomic E-state index is 0.0857. The molecule has 0 bridgehead atoms. The number of anilines is 2. The van der Waals surface area contributed by atoms with Gasteiger partial charge in [0.15, 0.2) is 0 Å². The second-order valence-corrected chi connectivity index (χ2v) is 11.5. The summed E-state index contributed by atoms with van der Waals surface area (Å²) in [5, 5.41) is 3.23. The molecule has 194 valence electrons. The van der Waals surface area contributed by atoms with Crippen molar-refractivity contribution in [1.82, 2.24) is 20.2 Å². The Morgan fingerprint density at radius 3 is 2.36 bits per heavy atom. The van der Waals surface area contributed by atoms with Crippen molar-refractivity contribution in [2.24, 2.45) is 5.41 Å². The predicted octanol–water partition coefficient (Wildman–Crippen LogP) is 4.23. The van der Waals surface area contributed by atoms with Gasteiger partial charge in [0.1, 0.15) is 5.82 Å². The fourth-order valence-corrected chi connectivity index (χ4v) is 5.57. The Balaban J connectivity index is 1.53. The van der Waals surface area contributed by atoms with Crippen LogP contribution in [0.5, 0.6) is 0 Å². The number of nitrogens with zero attached hydrogens (tertiary/aromatic N) is 5. The number of benzene rings is 1. The van der Waals surface area contributed by atoms with Gasteiger partial charge in [0.05, 0.1) is 29.7 Å². The monoisotopic (exact) mass is 496 g/mol.